The van der Waals surface area contributed by atoms with Gasteiger partial charge in [0.1, 0.15) is 0 Å². The standard InChI is InChI=1S/C15H19N5O.ClH/c1-15(10-16)7-8-19(11-15)14(21)13-9-17-20(18-13)12-5-3-2-4-6-12;/h2-6,9H,7-8,10-11,16H2,1H3;1H. The monoisotopic (exact) mass is 321 g/mol. The Morgan fingerprint density at radius 2 is 2.09 bits per heavy atom. The Balaban J connectivity index is 0.00000176. The summed E-state index contributed by atoms with van der Waals surface area (Å²) in [4.78, 5) is 15.8. The summed E-state index contributed by atoms with van der Waals surface area (Å²) >= 11 is 0. The Bertz CT molecular complexity index is 644. The second-order valence-corrected chi connectivity index (χ2v) is 5.85. The lowest BCUT2D eigenvalue weighted by atomic mass is 9.90. The first-order valence-electron chi connectivity index (χ1n) is 7.08. The van der Waals surface area contributed by atoms with Crippen LogP contribution in [0.25, 0.3) is 5.69 Å². The second-order valence-electron chi connectivity index (χ2n) is 5.85. The van der Waals surface area contributed by atoms with E-state index >= 15 is 0 Å². The zero-order chi connectivity index (χ0) is 14.9. The molecule has 1 fully saturated rings. The Labute approximate surface area is 135 Å². The van der Waals surface area contributed by atoms with Crippen LogP contribution < -0.4 is 5.73 Å². The summed E-state index contributed by atoms with van der Waals surface area (Å²) < 4.78 is 0. The molecule has 0 spiro atoms. The summed E-state index contributed by atoms with van der Waals surface area (Å²) in [5, 5.41) is 8.45. The SMILES string of the molecule is CC1(CN)CCN(C(=O)c2cnn(-c3ccccc3)n2)C1.Cl. The molecule has 3 rings (SSSR count). The molecule has 1 saturated heterocycles. The van der Waals surface area contributed by atoms with E-state index in [0.717, 1.165) is 18.7 Å². The maximum absolute atomic E-state index is 12.5. The van der Waals surface area contributed by atoms with Crippen molar-refractivity contribution in [1.82, 2.24) is 19.9 Å². The maximum atomic E-state index is 12.5. The Morgan fingerprint density at radius 3 is 2.73 bits per heavy atom. The van der Waals surface area contributed by atoms with Gasteiger partial charge < -0.3 is 10.6 Å². The zero-order valence-corrected chi connectivity index (χ0v) is 13.3. The van der Waals surface area contributed by atoms with Gasteiger partial charge >= 0.3 is 0 Å². The molecule has 2 aromatic rings. The molecule has 2 heterocycles. The number of carbonyl (C=O) groups is 1. The van der Waals surface area contributed by atoms with E-state index in [9.17, 15) is 4.79 Å². The van der Waals surface area contributed by atoms with Crippen molar-refractivity contribution in [3.05, 3.63) is 42.2 Å². The maximum Gasteiger partial charge on any atom is 0.276 e. The van der Waals surface area contributed by atoms with Crippen LogP contribution in [0.5, 0.6) is 0 Å². The van der Waals surface area contributed by atoms with Gasteiger partial charge in [0.05, 0.1) is 11.9 Å². The molecule has 2 N–H and O–H groups in total. The molecule has 7 heteroatoms. The molecule has 1 atom stereocenters. The van der Waals surface area contributed by atoms with Crippen LogP contribution in [-0.2, 0) is 0 Å². The Hall–Kier alpha value is -1.92. The number of hydrogen-bond acceptors (Lipinski definition) is 4. The summed E-state index contributed by atoms with van der Waals surface area (Å²) in [7, 11) is 0. The van der Waals surface area contributed by atoms with Gasteiger partial charge in [-0.15, -0.1) is 17.5 Å². The third-order valence-corrected chi connectivity index (χ3v) is 4.04. The van der Waals surface area contributed by atoms with Gasteiger partial charge in [0.15, 0.2) is 5.69 Å². The van der Waals surface area contributed by atoms with Crippen LogP contribution in [0.15, 0.2) is 36.5 Å². The number of benzene rings is 1. The summed E-state index contributed by atoms with van der Waals surface area (Å²) in [5.74, 6) is -0.0747. The number of nitrogens with zero attached hydrogens (tertiary/aromatic N) is 4. The van der Waals surface area contributed by atoms with Gasteiger partial charge in [-0.25, -0.2) is 0 Å². The minimum atomic E-state index is -0.0747. The van der Waals surface area contributed by atoms with E-state index in [2.05, 4.69) is 17.1 Å². The van der Waals surface area contributed by atoms with Crippen molar-refractivity contribution < 1.29 is 4.79 Å². The van der Waals surface area contributed by atoms with Crippen LogP contribution in [0, 0.1) is 5.41 Å². The average Bonchev–Trinajstić information content (AvgIpc) is 3.15. The summed E-state index contributed by atoms with van der Waals surface area (Å²) in [6, 6.07) is 9.54. The number of halogens is 1. The van der Waals surface area contributed by atoms with Crippen molar-refractivity contribution in [2.75, 3.05) is 19.6 Å². The lowest BCUT2D eigenvalue weighted by Crippen LogP contribution is -2.34. The minimum Gasteiger partial charge on any atom is -0.337 e. The highest BCUT2D eigenvalue weighted by Gasteiger charge is 2.35. The molecule has 1 aliphatic rings. The minimum absolute atomic E-state index is 0. The molecule has 118 valence electrons. The van der Waals surface area contributed by atoms with Crippen molar-refractivity contribution in [1.29, 1.82) is 0 Å². The molecular formula is C15H20ClN5O. The average molecular weight is 322 g/mol. The first-order chi connectivity index (χ1) is 10.1. The number of amides is 1. The molecule has 0 bridgehead atoms. The Morgan fingerprint density at radius 1 is 1.36 bits per heavy atom. The largest absolute Gasteiger partial charge is 0.337 e. The molecule has 1 aromatic heterocycles. The quantitative estimate of drug-likeness (QED) is 0.929. The predicted octanol–water partition coefficient (Wildman–Crippen LogP) is 1.50. The second kappa shape index (κ2) is 6.46. The van der Waals surface area contributed by atoms with E-state index in [0.29, 0.717) is 18.8 Å². The van der Waals surface area contributed by atoms with Gasteiger partial charge in [-0.1, -0.05) is 25.1 Å². The van der Waals surface area contributed by atoms with Gasteiger partial charge in [-0.05, 0) is 30.5 Å². The molecular weight excluding hydrogens is 302 g/mol. The fraction of sp³-hybridized carbons (Fsp3) is 0.400. The lowest BCUT2D eigenvalue weighted by molar-refractivity contribution is 0.0770. The van der Waals surface area contributed by atoms with E-state index in [1.54, 1.807) is 0 Å². The van der Waals surface area contributed by atoms with E-state index in [4.69, 9.17) is 5.73 Å². The molecule has 1 unspecified atom stereocenters. The highest BCUT2D eigenvalue weighted by Crippen LogP contribution is 2.29. The number of nitrogens with two attached hydrogens (primary N) is 1. The number of para-hydroxylation sites is 1. The highest BCUT2D eigenvalue weighted by molar-refractivity contribution is 5.92. The van der Waals surface area contributed by atoms with Crippen molar-refractivity contribution in [3.8, 4) is 5.69 Å². The van der Waals surface area contributed by atoms with Gasteiger partial charge in [0.2, 0.25) is 0 Å². The van der Waals surface area contributed by atoms with Crippen molar-refractivity contribution in [2.45, 2.75) is 13.3 Å². The normalized spacial score (nSPS) is 20.7. The molecule has 1 aromatic carbocycles. The molecule has 0 radical (unpaired) electrons. The smallest absolute Gasteiger partial charge is 0.276 e. The molecule has 0 aliphatic carbocycles. The van der Waals surface area contributed by atoms with Crippen molar-refractivity contribution in [2.24, 2.45) is 11.1 Å². The fourth-order valence-corrected chi connectivity index (χ4v) is 2.57. The summed E-state index contributed by atoms with van der Waals surface area (Å²) in [6.07, 6.45) is 2.45. The van der Waals surface area contributed by atoms with E-state index < -0.39 is 0 Å². The van der Waals surface area contributed by atoms with Crippen LogP contribution in [0.4, 0.5) is 0 Å². The number of aromatic nitrogens is 3. The summed E-state index contributed by atoms with van der Waals surface area (Å²) in [6.45, 7) is 4.11. The lowest BCUT2D eigenvalue weighted by Gasteiger charge is -2.21. The molecule has 1 aliphatic heterocycles. The number of rotatable bonds is 3. The summed E-state index contributed by atoms with van der Waals surface area (Å²) in [5.41, 5.74) is 7.01. The first kappa shape index (κ1) is 16.5. The van der Waals surface area contributed by atoms with Crippen LogP contribution in [0.1, 0.15) is 23.8 Å². The number of likely N-dealkylation sites (tertiary alicyclic amines) is 1. The highest BCUT2D eigenvalue weighted by atomic mass is 35.5. The third kappa shape index (κ3) is 3.13. The van der Waals surface area contributed by atoms with Crippen LogP contribution in [0.2, 0.25) is 0 Å². The predicted molar refractivity (Wildman–Crippen MR) is 86.3 cm³/mol. The van der Waals surface area contributed by atoms with Gasteiger partial charge in [0.25, 0.3) is 5.91 Å². The van der Waals surface area contributed by atoms with Crippen LogP contribution >= 0.6 is 12.4 Å². The van der Waals surface area contributed by atoms with Crippen LogP contribution in [-0.4, -0.2) is 45.4 Å². The van der Waals surface area contributed by atoms with Crippen molar-refractivity contribution in [3.63, 3.8) is 0 Å². The molecule has 0 saturated carbocycles. The van der Waals surface area contributed by atoms with Gasteiger partial charge in [-0.2, -0.15) is 9.90 Å². The molecule has 1 amide bonds. The third-order valence-electron chi connectivity index (χ3n) is 4.04. The van der Waals surface area contributed by atoms with Gasteiger partial charge in [0, 0.05) is 13.1 Å². The van der Waals surface area contributed by atoms with E-state index in [1.807, 2.05) is 35.2 Å². The molecule has 6 nitrogen and oxygen atoms in total. The van der Waals surface area contributed by atoms with E-state index in [1.165, 1.54) is 11.0 Å². The topological polar surface area (TPSA) is 77.0 Å². The van der Waals surface area contributed by atoms with Crippen molar-refractivity contribution >= 4 is 18.3 Å². The first-order valence-corrected chi connectivity index (χ1v) is 7.08. The van der Waals surface area contributed by atoms with E-state index in [-0.39, 0.29) is 23.7 Å². The number of hydrogen-bond donors (Lipinski definition) is 1. The zero-order valence-electron chi connectivity index (χ0n) is 12.5. The number of carbonyl (C=O) groups excluding carboxylic acids is 1. The fourth-order valence-electron chi connectivity index (χ4n) is 2.57. The molecule has 22 heavy (non-hydrogen) atoms. The van der Waals surface area contributed by atoms with Gasteiger partial charge in [-0.3, -0.25) is 4.79 Å². The Kier molecular flexibility index (Phi) is 4.83. The van der Waals surface area contributed by atoms with Crippen LogP contribution in [0.3, 0.4) is 0 Å².